The summed E-state index contributed by atoms with van der Waals surface area (Å²) in [6.07, 6.45) is 6.12. The quantitative estimate of drug-likeness (QED) is 0.246. The van der Waals surface area contributed by atoms with Crippen molar-refractivity contribution in [2.24, 2.45) is 36.6 Å². The van der Waals surface area contributed by atoms with Gasteiger partial charge in [-0.3, -0.25) is 14.6 Å². The van der Waals surface area contributed by atoms with Crippen LogP contribution in [0.4, 0.5) is 5.69 Å². The lowest BCUT2D eigenvalue weighted by Crippen LogP contribution is -2.72. The molecule has 11 rings (SSSR count). The molecule has 5 fully saturated rings. The van der Waals surface area contributed by atoms with E-state index in [0.717, 1.165) is 56.9 Å². The number of hydrogen-bond acceptors (Lipinski definition) is 8. The van der Waals surface area contributed by atoms with Crippen molar-refractivity contribution in [1.82, 2.24) is 14.4 Å². The number of allylic oxidation sites excluding steroid dienone is 1. The number of aromatic nitrogens is 1. The summed E-state index contributed by atoms with van der Waals surface area (Å²) in [5, 5.41) is 1.33. The highest BCUT2D eigenvalue weighted by molar-refractivity contribution is 5.87. The third kappa shape index (κ3) is 3.73. The van der Waals surface area contributed by atoms with Crippen molar-refractivity contribution in [3.05, 3.63) is 64.4 Å². The predicted octanol–water partition coefficient (Wildman–Crippen LogP) is 5.79. The Morgan fingerprint density at radius 3 is 2.69 bits per heavy atom. The fourth-order valence-corrected chi connectivity index (χ4v) is 14.0. The summed E-state index contributed by atoms with van der Waals surface area (Å²) in [6.45, 7) is 7.28. The SMILES string of the molecule is CC=C1CN2CCC34c5cc6c(cc5N(C)C3C2CC1C4C(=O)OC)OC1OCC2C(CC3c4c(c5cc(OC)ccc5n4C)CC2N3C)C1C6C. The largest absolute Gasteiger partial charge is 0.497 e. The van der Waals surface area contributed by atoms with E-state index in [2.05, 4.69) is 90.7 Å². The summed E-state index contributed by atoms with van der Waals surface area (Å²) in [5.41, 5.74) is 9.22. The second-order valence-corrected chi connectivity index (χ2v) is 17.5. The maximum atomic E-state index is 14.1. The van der Waals surface area contributed by atoms with Crippen LogP contribution in [0.2, 0.25) is 0 Å². The van der Waals surface area contributed by atoms with Crippen LogP contribution in [0.25, 0.3) is 10.9 Å². The van der Waals surface area contributed by atoms with Crippen LogP contribution in [0.3, 0.4) is 0 Å². The van der Waals surface area contributed by atoms with Crippen LogP contribution in [0.15, 0.2) is 42.0 Å². The number of anilines is 1. The highest BCUT2D eigenvalue weighted by atomic mass is 16.7. The van der Waals surface area contributed by atoms with Gasteiger partial charge in [-0.15, -0.1) is 0 Å². The average molecular weight is 705 g/mol. The van der Waals surface area contributed by atoms with Crippen LogP contribution in [-0.4, -0.2) is 92.8 Å². The van der Waals surface area contributed by atoms with Crippen molar-refractivity contribution in [2.45, 2.75) is 81.3 Å². The molecule has 1 aliphatic carbocycles. The van der Waals surface area contributed by atoms with Gasteiger partial charge in [-0.2, -0.15) is 0 Å². The molecule has 12 atom stereocenters. The maximum absolute atomic E-state index is 14.1. The van der Waals surface area contributed by atoms with Gasteiger partial charge >= 0.3 is 5.97 Å². The Kier molecular flexibility index (Phi) is 6.63. The molecule has 1 aromatic heterocycles. The van der Waals surface area contributed by atoms with Gasteiger partial charge in [-0.25, -0.2) is 0 Å². The van der Waals surface area contributed by atoms with Crippen molar-refractivity contribution < 1.29 is 23.7 Å². The molecule has 0 spiro atoms. The Labute approximate surface area is 306 Å². The minimum Gasteiger partial charge on any atom is -0.497 e. The predicted molar refractivity (Wildman–Crippen MR) is 199 cm³/mol. The molecule has 9 heteroatoms. The van der Waals surface area contributed by atoms with Gasteiger partial charge in [-0.1, -0.05) is 18.6 Å². The van der Waals surface area contributed by atoms with Crippen LogP contribution in [-0.2, 0) is 33.2 Å². The first-order valence-corrected chi connectivity index (χ1v) is 19.7. The Morgan fingerprint density at radius 2 is 1.90 bits per heavy atom. The van der Waals surface area contributed by atoms with Crippen molar-refractivity contribution >= 4 is 22.6 Å². The number of methoxy groups -OCH3 is 2. The van der Waals surface area contributed by atoms with E-state index >= 15 is 0 Å². The van der Waals surface area contributed by atoms with E-state index in [9.17, 15) is 4.79 Å². The van der Waals surface area contributed by atoms with E-state index in [0.29, 0.717) is 30.0 Å². The fraction of sp³-hybridized carbons (Fsp3) is 0.605. The molecule has 9 nitrogen and oxygen atoms in total. The summed E-state index contributed by atoms with van der Waals surface area (Å²) < 4.78 is 27.6. The molecule has 0 N–H and O–H groups in total. The van der Waals surface area contributed by atoms with Gasteiger partial charge < -0.3 is 28.4 Å². The topological polar surface area (TPSA) is 68.6 Å². The molecule has 52 heavy (non-hydrogen) atoms. The van der Waals surface area contributed by atoms with Crippen LogP contribution in [0.5, 0.6) is 11.5 Å². The summed E-state index contributed by atoms with van der Waals surface area (Å²) in [4.78, 5) is 21.9. The van der Waals surface area contributed by atoms with Crippen molar-refractivity contribution in [2.75, 3.05) is 52.9 Å². The lowest BCUT2D eigenvalue weighted by molar-refractivity contribution is -0.221. The molecule has 5 bridgehead atoms. The van der Waals surface area contributed by atoms with Gasteiger partial charge in [0.2, 0.25) is 6.29 Å². The Hall–Kier alpha value is -3.53. The maximum Gasteiger partial charge on any atom is 0.310 e. The second-order valence-electron chi connectivity index (χ2n) is 17.5. The number of ether oxygens (including phenoxy) is 4. The van der Waals surface area contributed by atoms with E-state index in [1.165, 1.54) is 44.5 Å². The van der Waals surface area contributed by atoms with Gasteiger partial charge in [-0.05, 0) is 105 Å². The van der Waals surface area contributed by atoms with Crippen LogP contribution >= 0.6 is 0 Å². The first kappa shape index (κ1) is 31.9. The van der Waals surface area contributed by atoms with E-state index in [1.807, 2.05) is 0 Å². The smallest absolute Gasteiger partial charge is 0.310 e. The number of aryl methyl sites for hydroxylation is 1. The first-order chi connectivity index (χ1) is 25.2. The number of carbonyl (C=O) groups is 1. The highest BCUT2D eigenvalue weighted by Gasteiger charge is 2.69. The molecule has 0 amide bonds. The number of carbonyl (C=O) groups excluding carboxylic acids is 1. The Morgan fingerprint density at radius 1 is 1.06 bits per heavy atom. The minimum absolute atomic E-state index is 0.0426. The Bertz CT molecular complexity index is 2070. The molecule has 7 aliphatic heterocycles. The number of likely N-dealkylation sites (N-methyl/N-ethyl adjacent to an activating group) is 2. The Balaban J connectivity index is 1.00. The minimum atomic E-state index is -0.286. The van der Waals surface area contributed by atoms with Crippen LogP contribution < -0.4 is 14.4 Å². The summed E-state index contributed by atoms with van der Waals surface area (Å²) in [5.74, 6) is 3.30. The zero-order valence-electron chi connectivity index (χ0n) is 31.6. The summed E-state index contributed by atoms with van der Waals surface area (Å²) >= 11 is 0. The molecular weight excluding hydrogens is 652 g/mol. The van der Waals surface area contributed by atoms with Gasteiger partial charge in [0, 0.05) is 78.3 Å². The molecule has 8 aliphatic rings. The number of esters is 1. The van der Waals surface area contributed by atoms with E-state index < -0.39 is 0 Å². The summed E-state index contributed by atoms with van der Waals surface area (Å²) in [7, 11) is 10.2. The zero-order valence-corrected chi connectivity index (χ0v) is 31.6. The third-order valence-electron chi connectivity index (χ3n) is 16.2. The third-order valence-corrected chi connectivity index (χ3v) is 16.2. The lowest BCUT2D eigenvalue weighted by Gasteiger charge is -2.63. The molecule has 1 saturated carbocycles. The molecular formula is C43H52N4O5. The number of fused-ring (bicyclic) bond motifs is 13. The highest BCUT2D eigenvalue weighted by Crippen LogP contribution is 2.65. The standard InChI is InChI=1S/C43H52N4O5/c1-8-22-19-47-12-11-43-30-14-24-21(2)37-27-16-34-39-28(26-13-23(49-6)9-10-31(26)45(39)4)17-32(44(34)3)29(27)20-51-42(37)52-36(24)18-33(30)46(5)40(43)35(47)15-25(22)38(43)41(48)50-7/h8-10,13-14,18,21,25,27,29,32,34-35,37-38,40,42H,11-12,15-17,19-20H2,1-7H3. The molecule has 12 unspecified atom stereocenters. The molecule has 8 heterocycles. The first-order valence-electron chi connectivity index (χ1n) is 19.7. The van der Waals surface area contributed by atoms with E-state index in [-0.39, 0.29) is 47.4 Å². The van der Waals surface area contributed by atoms with Gasteiger partial charge in [0.25, 0.3) is 0 Å². The number of benzene rings is 2. The van der Waals surface area contributed by atoms with Gasteiger partial charge in [0.1, 0.15) is 11.5 Å². The van der Waals surface area contributed by atoms with Gasteiger partial charge in [0.05, 0.1) is 38.8 Å². The number of piperidine rings is 3. The number of rotatable bonds is 2. The van der Waals surface area contributed by atoms with Crippen molar-refractivity contribution in [3.63, 3.8) is 0 Å². The normalized spacial score (nSPS) is 40.3. The second kappa shape index (κ2) is 10.8. The van der Waals surface area contributed by atoms with E-state index in [1.54, 1.807) is 14.2 Å². The molecule has 4 saturated heterocycles. The zero-order chi connectivity index (χ0) is 35.5. The fourth-order valence-electron chi connectivity index (χ4n) is 14.0. The van der Waals surface area contributed by atoms with Crippen LogP contribution in [0.1, 0.15) is 67.5 Å². The molecule has 0 radical (unpaired) electrons. The lowest BCUT2D eigenvalue weighted by atomic mass is 9.50. The molecule has 274 valence electrons. The van der Waals surface area contributed by atoms with E-state index in [4.69, 9.17) is 18.9 Å². The number of hydrogen-bond donors (Lipinski definition) is 0. The monoisotopic (exact) mass is 704 g/mol. The summed E-state index contributed by atoms with van der Waals surface area (Å²) in [6, 6.07) is 12.8. The van der Waals surface area contributed by atoms with Crippen molar-refractivity contribution in [3.8, 4) is 11.5 Å². The molecule has 2 aromatic carbocycles. The number of nitrogens with zero attached hydrogens (tertiary/aromatic N) is 4. The average Bonchev–Trinajstić information content (AvgIpc) is 3.57. The van der Waals surface area contributed by atoms with Gasteiger partial charge in [0.15, 0.2) is 0 Å². The van der Waals surface area contributed by atoms with Crippen LogP contribution in [0, 0.1) is 29.6 Å². The van der Waals surface area contributed by atoms with Crippen molar-refractivity contribution in [1.29, 1.82) is 0 Å². The molecule has 3 aromatic rings.